The van der Waals surface area contributed by atoms with Crippen molar-refractivity contribution in [2.75, 3.05) is 26.7 Å². The molecule has 0 spiro atoms. The molecular weight excluding hydrogens is 290 g/mol. The van der Waals surface area contributed by atoms with Crippen LogP contribution < -0.4 is 16.0 Å². The fourth-order valence-corrected chi connectivity index (χ4v) is 1.79. The zero-order valence-electron chi connectivity index (χ0n) is 12.5. The van der Waals surface area contributed by atoms with Gasteiger partial charge in [-0.25, -0.2) is 0 Å². The van der Waals surface area contributed by atoms with Crippen LogP contribution in [0.1, 0.15) is 12.5 Å². The second kappa shape index (κ2) is 11.1. The molecule has 5 nitrogen and oxygen atoms in total. The average Bonchev–Trinajstić information content (AvgIpc) is 2.46. The molecule has 0 radical (unpaired) electrons. The quantitative estimate of drug-likeness (QED) is 0.663. The van der Waals surface area contributed by atoms with Gasteiger partial charge in [0.25, 0.3) is 0 Å². The number of rotatable bonds is 8. The maximum absolute atomic E-state index is 11.6. The Hall–Kier alpha value is -1.59. The number of amides is 2. The Morgan fingerprint density at radius 1 is 1.14 bits per heavy atom. The highest BCUT2D eigenvalue weighted by Gasteiger charge is 2.12. The molecule has 2 amide bonds. The average molecular weight is 314 g/mol. The van der Waals surface area contributed by atoms with Crippen molar-refractivity contribution in [1.29, 1.82) is 0 Å². The standard InChI is InChI=1S/C15H23N3O2.ClH/c1-12(10-16-2)15(20)18-11-14(19)17-9-8-13-6-4-3-5-7-13;/h3-7,12,16H,8-11H2,1-2H3,(H,17,19)(H,18,20);1H. The minimum Gasteiger partial charge on any atom is -0.354 e. The SMILES string of the molecule is CNCC(C)C(=O)NCC(=O)NCCc1ccccc1.Cl. The molecule has 118 valence electrons. The van der Waals surface area contributed by atoms with E-state index in [9.17, 15) is 9.59 Å². The predicted octanol–water partition coefficient (Wildman–Crippen LogP) is 0.739. The van der Waals surface area contributed by atoms with Crippen molar-refractivity contribution in [2.24, 2.45) is 5.92 Å². The highest BCUT2D eigenvalue weighted by molar-refractivity contribution is 5.86. The van der Waals surface area contributed by atoms with Crippen LogP contribution in [0, 0.1) is 5.92 Å². The Morgan fingerprint density at radius 3 is 2.43 bits per heavy atom. The van der Waals surface area contributed by atoms with Gasteiger partial charge in [0.2, 0.25) is 11.8 Å². The van der Waals surface area contributed by atoms with Crippen molar-refractivity contribution >= 4 is 24.2 Å². The Morgan fingerprint density at radius 2 is 1.81 bits per heavy atom. The fourth-order valence-electron chi connectivity index (χ4n) is 1.79. The van der Waals surface area contributed by atoms with Gasteiger partial charge in [-0.1, -0.05) is 37.3 Å². The zero-order valence-corrected chi connectivity index (χ0v) is 13.3. The number of halogens is 1. The second-order valence-corrected chi connectivity index (χ2v) is 4.76. The normalized spacial score (nSPS) is 11.1. The van der Waals surface area contributed by atoms with Crippen molar-refractivity contribution in [3.05, 3.63) is 35.9 Å². The van der Waals surface area contributed by atoms with Gasteiger partial charge in [0.1, 0.15) is 0 Å². The van der Waals surface area contributed by atoms with Gasteiger partial charge in [-0.2, -0.15) is 0 Å². The van der Waals surface area contributed by atoms with E-state index in [1.165, 1.54) is 5.56 Å². The minimum absolute atomic E-state index is 0. The first kappa shape index (κ1) is 19.4. The lowest BCUT2D eigenvalue weighted by atomic mass is 10.1. The number of hydrogen-bond donors (Lipinski definition) is 3. The molecule has 0 aliphatic carbocycles. The molecule has 21 heavy (non-hydrogen) atoms. The lowest BCUT2D eigenvalue weighted by Gasteiger charge is -2.11. The van der Waals surface area contributed by atoms with E-state index in [1.54, 1.807) is 7.05 Å². The first-order chi connectivity index (χ1) is 9.63. The van der Waals surface area contributed by atoms with Crippen LogP contribution in [0.25, 0.3) is 0 Å². The van der Waals surface area contributed by atoms with Crippen LogP contribution in [-0.4, -0.2) is 38.5 Å². The van der Waals surface area contributed by atoms with Gasteiger partial charge < -0.3 is 16.0 Å². The van der Waals surface area contributed by atoms with E-state index in [0.29, 0.717) is 13.1 Å². The summed E-state index contributed by atoms with van der Waals surface area (Å²) in [5.41, 5.74) is 1.18. The van der Waals surface area contributed by atoms with E-state index < -0.39 is 0 Å². The molecule has 3 N–H and O–H groups in total. The smallest absolute Gasteiger partial charge is 0.239 e. The number of hydrogen-bond acceptors (Lipinski definition) is 3. The van der Waals surface area contributed by atoms with Crippen LogP contribution in [0.5, 0.6) is 0 Å². The molecule has 0 aliphatic rings. The Labute approximate surface area is 132 Å². The van der Waals surface area contributed by atoms with Gasteiger partial charge in [-0.3, -0.25) is 9.59 Å². The molecule has 1 aromatic rings. The van der Waals surface area contributed by atoms with Gasteiger partial charge >= 0.3 is 0 Å². The topological polar surface area (TPSA) is 70.2 Å². The molecule has 0 fully saturated rings. The molecule has 0 aliphatic heterocycles. The third-order valence-corrected chi connectivity index (χ3v) is 2.96. The van der Waals surface area contributed by atoms with E-state index in [1.807, 2.05) is 37.3 Å². The summed E-state index contributed by atoms with van der Waals surface area (Å²) in [5.74, 6) is -0.416. The number of carbonyl (C=O) groups excluding carboxylic acids is 2. The third kappa shape index (κ3) is 8.32. The first-order valence-corrected chi connectivity index (χ1v) is 6.86. The van der Waals surface area contributed by atoms with Crippen molar-refractivity contribution < 1.29 is 9.59 Å². The maximum atomic E-state index is 11.6. The summed E-state index contributed by atoms with van der Waals surface area (Å²) in [6.07, 6.45) is 0.788. The molecular formula is C15H24ClN3O2. The molecule has 1 unspecified atom stereocenters. The Bertz CT molecular complexity index is 426. The van der Waals surface area contributed by atoms with Crippen LogP contribution in [0.4, 0.5) is 0 Å². The molecule has 6 heteroatoms. The lowest BCUT2D eigenvalue weighted by Crippen LogP contribution is -2.41. The van der Waals surface area contributed by atoms with Gasteiger partial charge in [0.05, 0.1) is 6.54 Å². The number of benzene rings is 1. The lowest BCUT2D eigenvalue weighted by molar-refractivity contribution is -0.128. The van der Waals surface area contributed by atoms with E-state index in [-0.39, 0.29) is 36.7 Å². The van der Waals surface area contributed by atoms with E-state index in [4.69, 9.17) is 0 Å². The fraction of sp³-hybridized carbons (Fsp3) is 0.467. The summed E-state index contributed by atoms with van der Waals surface area (Å²) in [5, 5.41) is 8.34. The zero-order chi connectivity index (χ0) is 14.8. The first-order valence-electron chi connectivity index (χ1n) is 6.86. The summed E-state index contributed by atoms with van der Waals surface area (Å²) >= 11 is 0. The third-order valence-electron chi connectivity index (χ3n) is 2.96. The van der Waals surface area contributed by atoms with Crippen molar-refractivity contribution in [3.8, 4) is 0 Å². The summed E-state index contributed by atoms with van der Waals surface area (Å²) in [4.78, 5) is 23.2. The number of carbonyl (C=O) groups is 2. The van der Waals surface area contributed by atoms with Crippen LogP contribution in [0.3, 0.4) is 0 Å². The monoisotopic (exact) mass is 313 g/mol. The van der Waals surface area contributed by atoms with E-state index in [0.717, 1.165) is 6.42 Å². The molecule has 1 atom stereocenters. The second-order valence-electron chi connectivity index (χ2n) is 4.76. The van der Waals surface area contributed by atoms with Crippen LogP contribution in [-0.2, 0) is 16.0 Å². The number of nitrogens with one attached hydrogen (secondary N) is 3. The summed E-state index contributed by atoms with van der Waals surface area (Å²) < 4.78 is 0. The summed E-state index contributed by atoms with van der Waals surface area (Å²) in [6.45, 7) is 3.02. The van der Waals surface area contributed by atoms with Crippen molar-refractivity contribution in [3.63, 3.8) is 0 Å². The molecule has 0 saturated heterocycles. The van der Waals surface area contributed by atoms with Crippen LogP contribution in [0.15, 0.2) is 30.3 Å². The molecule has 0 aromatic heterocycles. The molecule has 0 heterocycles. The highest BCUT2D eigenvalue weighted by Crippen LogP contribution is 1.98. The van der Waals surface area contributed by atoms with Gasteiger partial charge in [-0.15, -0.1) is 12.4 Å². The van der Waals surface area contributed by atoms with E-state index >= 15 is 0 Å². The van der Waals surface area contributed by atoms with Crippen molar-refractivity contribution in [2.45, 2.75) is 13.3 Å². The van der Waals surface area contributed by atoms with Gasteiger partial charge in [0, 0.05) is 19.0 Å². The Balaban J connectivity index is 0.00000400. The molecule has 0 bridgehead atoms. The predicted molar refractivity (Wildman–Crippen MR) is 86.5 cm³/mol. The molecule has 0 saturated carbocycles. The maximum Gasteiger partial charge on any atom is 0.239 e. The summed E-state index contributed by atoms with van der Waals surface area (Å²) in [7, 11) is 1.79. The van der Waals surface area contributed by atoms with Gasteiger partial charge in [-0.05, 0) is 19.0 Å². The van der Waals surface area contributed by atoms with Crippen molar-refractivity contribution in [1.82, 2.24) is 16.0 Å². The molecule has 1 rings (SSSR count). The highest BCUT2D eigenvalue weighted by atomic mass is 35.5. The van der Waals surface area contributed by atoms with Gasteiger partial charge in [0.15, 0.2) is 0 Å². The van der Waals surface area contributed by atoms with E-state index in [2.05, 4.69) is 16.0 Å². The minimum atomic E-state index is -0.161. The largest absolute Gasteiger partial charge is 0.354 e. The van der Waals surface area contributed by atoms with Crippen LogP contribution in [0.2, 0.25) is 0 Å². The van der Waals surface area contributed by atoms with Crippen LogP contribution >= 0.6 is 12.4 Å². The Kier molecular flexibility index (Phi) is 10.3. The molecule has 1 aromatic carbocycles. The summed E-state index contributed by atoms with van der Waals surface area (Å²) in [6, 6.07) is 9.95.